The number of allylic oxidation sites excluding steroid dienone is 2. The molecular weight excluding hydrogens is 182 g/mol. The van der Waals surface area contributed by atoms with Gasteiger partial charge in [0.1, 0.15) is 0 Å². The predicted molar refractivity (Wildman–Crippen MR) is 53.5 cm³/mol. The summed E-state index contributed by atoms with van der Waals surface area (Å²) in [7, 11) is 0. The largest absolute Gasteiger partial charge is 0.381 e. The maximum atomic E-state index is 10.7. The molecule has 0 aromatic heterocycles. The fourth-order valence-corrected chi connectivity index (χ4v) is 1.59. The summed E-state index contributed by atoms with van der Waals surface area (Å²) in [6.45, 7) is 5.16. The summed E-state index contributed by atoms with van der Waals surface area (Å²) in [4.78, 5) is 10.5. The highest BCUT2D eigenvalue weighted by Gasteiger charge is 2.20. The Labute approximate surface area is 84.1 Å². The van der Waals surface area contributed by atoms with E-state index in [1.807, 2.05) is 19.9 Å². The zero-order valence-corrected chi connectivity index (χ0v) is 8.73. The molecule has 0 amide bonds. The lowest BCUT2D eigenvalue weighted by molar-refractivity contribution is -0.433. The van der Waals surface area contributed by atoms with E-state index >= 15 is 0 Å². The van der Waals surface area contributed by atoms with Gasteiger partial charge in [-0.3, -0.25) is 10.1 Å². The van der Waals surface area contributed by atoms with E-state index in [2.05, 4.69) is 0 Å². The van der Waals surface area contributed by atoms with Gasteiger partial charge in [-0.25, -0.2) is 0 Å². The van der Waals surface area contributed by atoms with Crippen LogP contribution in [0.5, 0.6) is 0 Å². The van der Waals surface area contributed by atoms with Crippen molar-refractivity contribution in [3.05, 3.63) is 21.9 Å². The highest BCUT2D eigenvalue weighted by Crippen LogP contribution is 2.21. The fraction of sp³-hybridized carbons (Fsp3) is 0.800. The minimum Gasteiger partial charge on any atom is -0.381 e. The highest BCUT2D eigenvalue weighted by molar-refractivity contribution is 4.99. The van der Waals surface area contributed by atoms with Crippen LogP contribution in [0.3, 0.4) is 0 Å². The van der Waals surface area contributed by atoms with E-state index in [0.717, 1.165) is 26.1 Å². The Bertz CT molecular complexity index is 230. The molecular formula is C10H17NO3. The van der Waals surface area contributed by atoms with Gasteiger partial charge in [0.25, 0.3) is 0 Å². The number of nitro groups is 1. The third-order valence-corrected chi connectivity index (χ3v) is 2.47. The number of rotatable bonds is 3. The van der Waals surface area contributed by atoms with Gasteiger partial charge in [-0.15, -0.1) is 0 Å². The Morgan fingerprint density at radius 2 is 2.07 bits per heavy atom. The summed E-state index contributed by atoms with van der Waals surface area (Å²) < 4.78 is 5.20. The van der Waals surface area contributed by atoms with E-state index in [1.54, 1.807) is 0 Å². The molecule has 1 fully saturated rings. The molecule has 1 rings (SSSR count). The number of hydrogen-bond acceptors (Lipinski definition) is 3. The molecule has 0 aromatic rings. The fourth-order valence-electron chi connectivity index (χ4n) is 1.59. The minimum absolute atomic E-state index is 0.00663. The van der Waals surface area contributed by atoms with Gasteiger partial charge in [-0.2, -0.15) is 0 Å². The molecule has 1 aliphatic heterocycles. The van der Waals surface area contributed by atoms with Crippen LogP contribution in [-0.2, 0) is 4.74 Å². The molecule has 1 aliphatic rings. The third-order valence-electron chi connectivity index (χ3n) is 2.47. The van der Waals surface area contributed by atoms with Gasteiger partial charge in [0.05, 0.1) is 4.92 Å². The first kappa shape index (κ1) is 11.2. The summed E-state index contributed by atoms with van der Waals surface area (Å²) in [5.41, 5.74) is 0.344. The summed E-state index contributed by atoms with van der Waals surface area (Å²) in [5, 5.41) is 10.7. The average molecular weight is 199 g/mol. The molecule has 0 spiro atoms. The van der Waals surface area contributed by atoms with Crippen LogP contribution in [-0.4, -0.2) is 18.1 Å². The van der Waals surface area contributed by atoms with Crippen LogP contribution < -0.4 is 0 Å². The van der Waals surface area contributed by atoms with E-state index in [4.69, 9.17) is 4.74 Å². The van der Waals surface area contributed by atoms with E-state index in [0.29, 0.717) is 11.6 Å². The van der Waals surface area contributed by atoms with Crippen molar-refractivity contribution in [3.63, 3.8) is 0 Å². The lowest BCUT2D eigenvalue weighted by Gasteiger charge is -2.18. The van der Waals surface area contributed by atoms with Crippen molar-refractivity contribution in [2.45, 2.75) is 26.7 Å². The van der Waals surface area contributed by atoms with Gasteiger partial charge >= 0.3 is 0 Å². The van der Waals surface area contributed by atoms with Crippen molar-refractivity contribution >= 4 is 0 Å². The summed E-state index contributed by atoms with van der Waals surface area (Å²) in [6, 6.07) is 0. The Balaban J connectivity index is 2.65. The van der Waals surface area contributed by atoms with Crippen LogP contribution in [0.1, 0.15) is 26.7 Å². The minimum atomic E-state index is -0.264. The molecule has 1 heterocycles. The van der Waals surface area contributed by atoms with E-state index in [9.17, 15) is 10.1 Å². The second-order valence-corrected chi connectivity index (χ2v) is 3.95. The molecule has 0 atom stereocenters. The molecule has 4 nitrogen and oxygen atoms in total. The highest BCUT2D eigenvalue weighted by atomic mass is 16.6. The SMILES string of the molecule is CC(C)/C(=C\C1CCOCC1)[N+](=O)[O-]. The normalized spacial score (nSPS) is 20.1. The van der Waals surface area contributed by atoms with Crippen LogP contribution in [0.25, 0.3) is 0 Å². The van der Waals surface area contributed by atoms with Gasteiger partial charge in [-0.1, -0.05) is 13.8 Å². The lowest BCUT2D eigenvalue weighted by atomic mass is 9.96. The molecule has 0 radical (unpaired) electrons. The molecule has 14 heavy (non-hydrogen) atoms. The zero-order chi connectivity index (χ0) is 10.6. The standard InChI is InChI=1S/C10H17NO3/c1-8(2)10(11(12)13)7-9-3-5-14-6-4-9/h7-9H,3-6H2,1-2H3/b10-7+. The van der Waals surface area contributed by atoms with Crippen molar-refractivity contribution < 1.29 is 9.66 Å². The monoisotopic (exact) mass is 199 g/mol. The first-order valence-electron chi connectivity index (χ1n) is 5.05. The average Bonchev–Trinajstić information content (AvgIpc) is 2.15. The molecule has 0 aromatic carbocycles. The van der Waals surface area contributed by atoms with Crippen LogP contribution in [0.2, 0.25) is 0 Å². The molecule has 1 saturated heterocycles. The van der Waals surface area contributed by atoms with Crippen molar-refractivity contribution in [3.8, 4) is 0 Å². The van der Waals surface area contributed by atoms with Crippen LogP contribution >= 0.6 is 0 Å². The molecule has 0 unspecified atom stereocenters. The Morgan fingerprint density at radius 1 is 1.50 bits per heavy atom. The van der Waals surface area contributed by atoms with Gasteiger partial charge in [-0.05, 0) is 24.8 Å². The van der Waals surface area contributed by atoms with E-state index in [-0.39, 0.29) is 10.8 Å². The third kappa shape index (κ3) is 3.10. The van der Waals surface area contributed by atoms with Crippen molar-refractivity contribution in [2.75, 3.05) is 13.2 Å². The summed E-state index contributed by atoms with van der Waals surface area (Å²) in [5.74, 6) is 0.319. The Hall–Kier alpha value is -0.900. The Kier molecular flexibility index (Phi) is 4.07. The Morgan fingerprint density at radius 3 is 2.50 bits per heavy atom. The molecule has 0 aliphatic carbocycles. The smallest absolute Gasteiger partial charge is 0.245 e. The van der Waals surface area contributed by atoms with E-state index in [1.165, 1.54) is 0 Å². The zero-order valence-electron chi connectivity index (χ0n) is 8.73. The van der Waals surface area contributed by atoms with E-state index < -0.39 is 0 Å². The van der Waals surface area contributed by atoms with Crippen molar-refractivity contribution in [1.29, 1.82) is 0 Å². The summed E-state index contributed by atoms with van der Waals surface area (Å²) >= 11 is 0. The van der Waals surface area contributed by atoms with Gasteiger partial charge < -0.3 is 4.74 Å². The predicted octanol–water partition coefficient (Wildman–Crippen LogP) is 2.23. The maximum Gasteiger partial charge on any atom is 0.245 e. The number of ether oxygens (including phenoxy) is 1. The van der Waals surface area contributed by atoms with Crippen LogP contribution in [0.4, 0.5) is 0 Å². The first-order chi connectivity index (χ1) is 6.61. The first-order valence-corrected chi connectivity index (χ1v) is 5.05. The van der Waals surface area contributed by atoms with Crippen molar-refractivity contribution in [1.82, 2.24) is 0 Å². The van der Waals surface area contributed by atoms with Crippen molar-refractivity contribution in [2.24, 2.45) is 11.8 Å². The number of hydrogen-bond donors (Lipinski definition) is 0. The van der Waals surface area contributed by atoms with Gasteiger partial charge in [0, 0.05) is 19.1 Å². The van der Waals surface area contributed by atoms with Gasteiger partial charge in [0.2, 0.25) is 5.70 Å². The second-order valence-electron chi connectivity index (χ2n) is 3.95. The van der Waals surface area contributed by atoms with Crippen LogP contribution in [0.15, 0.2) is 11.8 Å². The quantitative estimate of drug-likeness (QED) is 0.517. The molecule has 0 saturated carbocycles. The molecule has 4 heteroatoms. The second kappa shape index (κ2) is 5.10. The molecule has 0 N–H and O–H groups in total. The molecule has 0 bridgehead atoms. The lowest BCUT2D eigenvalue weighted by Crippen LogP contribution is -2.16. The number of nitrogens with zero attached hydrogens (tertiary/aromatic N) is 1. The molecule has 80 valence electrons. The maximum absolute atomic E-state index is 10.7. The van der Waals surface area contributed by atoms with Crippen LogP contribution in [0, 0.1) is 22.0 Å². The van der Waals surface area contributed by atoms with Gasteiger partial charge in [0.15, 0.2) is 0 Å². The topological polar surface area (TPSA) is 52.4 Å². The summed E-state index contributed by atoms with van der Waals surface area (Å²) in [6.07, 6.45) is 3.63.